The van der Waals surface area contributed by atoms with E-state index in [4.69, 9.17) is 5.73 Å². The first-order chi connectivity index (χ1) is 8.66. The molecular formula is C13H11FN4. The molecule has 0 saturated carbocycles. The van der Waals surface area contributed by atoms with Crippen LogP contribution in [-0.4, -0.2) is 14.5 Å². The van der Waals surface area contributed by atoms with E-state index in [1.165, 1.54) is 6.07 Å². The number of aromatic nitrogens is 3. The Balaban J connectivity index is 2.30. The van der Waals surface area contributed by atoms with Gasteiger partial charge in [0.1, 0.15) is 11.3 Å². The van der Waals surface area contributed by atoms with E-state index in [2.05, 4.69) is 9.97 Å². The van der Waals surface area contributed by atoms with E-state index in [9.17, 15) is 4.39 Å². The lowest BCUT2D eigenvalue weighted by atomic mass is 10.2. The highest BCUT2D eigenvalue weighted by molar-refractivity contribution is 5.81. The molecule has 2 heterocycles. The molecule has 0 aliphatic heterocycles. The highest BCUT2D eigenvalue weighted by Crippen LogP contribution is 2.25. The Morgan fingerprint density at radius 3 is 2.83 bits per heavy atom. The average molecular weight is 242 g/mol. The van der Waals surface area contributed by atoms with Crippen molar-refractivity contribution >= 4 is 16.7 Å². The molecule has 2 aromatic heterocycles. The summed E-state index contributed by atoms with van der Waals surface area (Å²) in [5.74, 6) is 0.320. The number of pyridine rings is 1. The Labute approximate surface area is 103 Å². The van der Waals surface area contributed by atoms with Crippen molar-refractivity contribution in [2.45, 2.75) is 0 Å². The summed E-state index contributed by atoms with van der Waals surface area (Å²) in [6.07, 6.45) is 3.22. The van der Waals surface area contributed by atoms with Crippen LogP contribution in [0.25, 0.3) is 22.4 Å². The van der Waals surface area contributed by atoms with Crippen molar-refractivity contribution in [1.82, 2.24) is 14.5 Å². The van der Waals surface area contributed by atoms with Crippen LogP contribution in [0.15, 0.2) is 36.7 Å². The molecule has 0 unspecified atom stereocenters. The minimum Gasteiger partial charge on any atom is -0.397 e. The second-order valence-electron chi connectivity index (χ2n) is 4.11. The number of fused-ring (bicyclic) bond motifs is 1. The van der Waals surface area contributed by atoms with Crippen LogP contribution in [0.3, 0.4) is 0 Å². The van der Waals surface area contributed by atoms with Gasteiger partial charge in [0.15, 0.2) is 5.82 Å². The first-order valence-corrected chi connectivity index (χ1v) is 5.48. The van der Waals surface area contributed by atoms with Gasteiger partial charge in [-0.25, -0.2) is 9.37 Å². The second-order valence-corrected chi connectivity index (χ2v) is 4.11. The molecule has 0 radical (unpaired) electrons. The standard InChI is InChI=1S/C13H11FN4/c1-18-11-4-2-3-10(14)12(11)17-13(18)8-5-9(15)7-16-6-8/h2-7H,15H2,1H3. The molecule has 0 amide bonds. The summed E-state index contributed by atoms with van der Waals surface area (Å²) in [6, 6.07) is 6.66. The molecule has 18 heavy (non-hydrogen) atoms. The van der Waals surface area contributed by atoms with Gasteiger partial charge in [0, 0.05) is 25.0 Å². The third-order valence-corrected chi connectivity index (χ3v) is 2.88. The molecule has 4 nitrogen and oxygen atoms in total. The molecule has 2 N–H and O–H groups in total. The van der Waals surface area contributed by atoms with Gasteiger partial charge < -0.3 is 10.3 Å². The third-order valence-electron chi connectivity index (χ3n) is 2.88. The maximum absolute atomic E-state index is 13.7. The van der Waals surface area contributed by atoms with Crippen molar-refractivity contribution in [3.05, 3.63) is 42.5 Å². The van der Waals surface area contributed by atoms with Crippen LogP contribution in [0, 0.1) is 5.82 Å². The number of aryl methyl sites for hydroxylation is 1. The van der Waals surface area contributed by atoms with Gasteiger partial charge >= 0.3 is 0 Å². The van der Waals surface area contributed by atoms with Crippen molar-refractivity contribution in [2.75, 3.05) is 5.73 Å². The second kappa shape index (κ2) is 3.80. The first kappa shape index (κ1) is 10.7. The van der Waals surface area contributed by atoms with E-state index >= 15 is 0 Å². The highest BCUT2D eigenvalue weighted by Gasteiger charge is 2.12. The van der Waals surface area contributed by atoms with Crippen LogP contribution in [-0.2, 0) is 7.05 Å². The molecule has 0 aliphatic carbocycles. The topological polar surface area (TPSA) is 56.7 Å². The zero-order valence-electron chi connectivity index (χ0n) is 9.76. The van der Waals surface area contributed by atoms with E-state index in [-0.39, 0.29) is 5.82 Å². The van der Waals surface area contributed by atoms with Crippen molar-refractivity contribution in [2.24, 2.45) is 7.05 Å². The molecule has 3 rings (SSSR count). The van der Waals surface area contributed by atoms with Crippen LogP contribution >= 0.6 is 0 Å². The number of nitrogens with zero attached hydrogens (tertiary/aromatic N) is 3. The summed E-state index contributed by atoms with van der Waals surface area (Å²) in [6.45, 7) is 0. The molecule has 0 saturated heterocycles. The number of hydrogen-bond acceptors (Lipinski definition) is 3. The van der Waals surface area contributed by atoms with Crippen LogP contribution in [0.4, 0.5) is 10.1 Å². The predicted molar refractivity (Wildman–Crippen MR) is 68.3 cm³/mol. The largest absolute Gasteiger partial charge is 0.397 e. The molecule has 90 valence electrons. The Morgan fingerprint density at radius 2 is 2.11 bits per heavy atom. The number of imidazole rings is 1. The fraction of sp³-hybridized carbons (Fsp3) is 0.0769. The summed E-state index contributed by atoms with van der Waals surface area (Å²) in [5.41, 5.74) is 8.13. The zero-order chi connectivity index (χ0) is 12.7. The molecule has 0 atom stereocenters. The highest BCUT2D eigenvalue weighted by atomic mass is 19.1. The van der Waals surface area contributed by atoms with Crippen LogP contribution in [0.5, 0.6) is 0 Å². The summed E-state index contributed by atoms with van der Waals surface area (Å²) >= 11 is 0. The van der Waals surface area contributed by atoms with Gasteiger partial charge in [-0.15, -0.1) is 0 Å². The maximum atomic E-state index is 13.7. The average Bonchev–Trinajstić information content (AvgIpc) is 2.69. The molecule has 0 bridgehead atoms. The Hall–Kier alpha value is -2.43. The fourth-order valence-corrected chi connectivity index (χ4v) is 2.02. The van der Waals surface area contributed by atoms with Gasteiger partial charge in [-0.3, -0.25) is 4.98 Å². The molecule has 5 heteroatoms. The quantitative estimate of drug-likeness (QED) is 0.712. The Kier molecular flexibility index (Phi) is 2.26. The van der Waals surface area contributed by atoms with Crippen LogP contribution in [0.1, 0.15) is 0 Å². The summed E-state index contributed by atoms with van der Waals surface area (Å²) in [5, 5.41) is 0. The molecule has 3 aromatic rings. The molecule has 1 aromatic carbocycles. The van der Waals surface area contributed by atoms with E-state index in [1.54, 1.807) is 24.5 Å². The SMILES string of the molecule is Cn1c(-c2cncc(N)c2)nc2c(F)cccc21. The number of nitrogen functional groups attached to an aromatic ring is 1. The lowest BCUT2D eigenvalue weighted by Crippen LogP contribution is -1.94. The zero-order valence-corrected chi connectivity index (χ0v) is 9.76. The van der Waals surface area contributed by atoms with Gasteiger partial charge in [-0.2, -0.15) is 0 Å². The van der Waals surface area contributed by atoms with E-state index in [0.717, 1.165) is 11.1 Å². The van der Waals surface area contributed by atoms with Crippen molar-refractivity contribution < 1.29 is 4.39 Å². The number of rotatable bonds is 1. The van der Waals surface area contributed by atoms with Gasteiger partial charge in [-0.05, 0) is 18.2 Å². The number of para-hydroxylation sites is 1. The summed E-state index contributed by atoms with van der Waals surface area (Å²) in [7, 11) is 1.84. The minimum absolute atomic E-state index is 0.328. The normalized spacial score (nSPS) is 11.0. The molecule has 0 fully saturated rings. The van der Waals surface area contributed by atoms with Crippen LogP contribution < -0.4 is 5.73 Å². The Bertz CT molecular complexity index is 733. The van der Waals surface area contributed by atoms with E-state index < -0.39 is 0 Å². The van der Waals surface area contributed by atoms with Crippen molar-refractivity contribution in [3.8, 4) is 11.4 Å². The maximum Gasteiger partial charge on any atom is 0.151 e. The monoisotopic (exact) mass is 242 g/mol. The van der Waals surface area contributed by atoms with Crippen molar-refractivity contribution in [3.63, 3.8) is 0 Å². The number of anilines is 1. The number of hydrogen-bond donors (Lipinski definition) is 1. The lowest BCUT2D eigenvalue weighted by Gasteiger charge is -2.02. The predicted octanol–water partition coefficient (Wildman–Crippen LogP) is 2.36. The third kappa shape index (κ3) is 1.52. The van der Waals surface area contributed by atoms with E-state index in [1.807, 2.05) is 17.7 Å². The van der Waals surface area contributed by atoms with Gasteiger partial charge in [0.05, 0.1) is 11.2 Å². The van der Waals surface area contributed by atoms with Gasteiger partial charge in [0.25, 0.3) is 0 Å². The lowest BCUT2D eigenvalue weighted by molar-refractivity contribution is 0.637. The molecular weight excluding hydrogens is 231 g/mol. The smallest absolute Gasteiger partial charge is 0.151 e. The minimum atomic E-state index is -0.328. The summed E-state index contributed by atoms with van der Waals surface area (Å²) < 4.78 is 15.5. The van der Waals surface area contributed by atoms with Gasteiger partial charge in [0.2, 0.25) is 0 Å². The first-order valence-electron chi connectivity index (χ1n) is 5.48. The number of nitrogens with two attached hydrogens (primary N) is 1. The van der Waals surface area contributed by atoms with Crippen LogP contribution in [0.2, 0.25) is 0 Å². The van der Waals surface area contributed by atoms with Crippen molar-refractivity contribution in [1.29, 1.82) is 0 Å². The summed E-state index contributed by atoms with van der Waals surface area (Å²) in [4.78, 5) is 8.34. The Morgan fingerprint density at radius 1 is 1.28 bits per heavy atom. The van der Waals surface area contributed by atoms with Gasteiger partial charge in [-0.1, -0.05) is 6.07 Å². The fourth-order valence-electron chi connectivity index (χ4n) is 2.02. The number of halogens is 1. The number of benzene rings is 1. The molecule has 0 spiro atoms. The molecule has 0 aliphatic rings. The van der Waals surface area contributed by atoms with E-state index in [0.29, 0.717) is 17.0 Å².